The van der Waals surface area contributed by atoms with Gasteiger partial charge in [0.05, 0.1) is 43.0 Å². The number of carboxylic acids is 4. The van der Waals surface area contributed by atoms with Crippen molar-refractivity contribution in [2.45, 2.75) is 165 Å². The van der Waals surface area contributed by atoms with Gasteiger partial charge in [-0.3, -0.25) is 58.1 Å². The Morgan fingerprint density at radius 2 is 1.16 bits per heavy atom. The van der Waals surface area contributed by atoms with Gasteiger partial charge in [0.15, 0.2) is 11.6 Å². The number of primary amides is 1. The predicted octanol–water partition coefficient (Wildman–Crippen LogP) is -0.857. The van der Waals surface area contributed by atoms with Gasteiger partial charge in [0.1, 0.15) is 24.7 Å². The molecule has 0 aliphatic heterocycles. The number of carbonyl (C=O) groups excluding carboxylic acids is 8. The lowest BCUT2D eigenvalue weighted by atomic mass is 9.81. The summed E-state index contributed by atoms with van der Waals surface area (Å²) in [4.78, 5) is 153. The Morgan fingerprint density at radius 3 is 1.72 bits per heavy atom. The Labute approximate surface area is 495 Å². The van der Waals surface area contributed by atoms with Crippen LogP contribution in [0.2, 0.25) is 0 Å². The minimum Gasteiger partial charge on any atom is -0.481 e. The summed E-state index contributed by atoms with van der Waals surface area (Å²) in [6.07, 6.45) is -0.421. The van der Waals surface area contributed by atoms with Crippen molar-refractivity contribution in [3.8, 4) is 0 Å². The fourth-order valence-corrected chi connectivity index (χ4v) is 9.22. The first kappa shape index (κ1) is 73.9. The second-order valence-electron chi connectivity index (χ2n) is 22.0. The van der Waals surface area contributed by atoms with Crippen LogP contribution in [-0.2, 0) is 62.2 Å². The highest BCUT2D eigenvalue weighted by Crippen LogP contribution is 2.29. The highest BCUT2D eigenvalue weighted by molar-refractivity contribution is 5.98. The van der Waals surface area contributed by atoms with Crippen molar-refractivity contribution in [1.82, 2.24) is 42.5 Å². The molecule has 0 radical (unpaired) electrons. The van der Waals surface area contributed by atoms with Crippen LogP contribution in [-0.4, -0.2) is 199 Å². The molecule has 85 heavy (non-hydrogen) atoms. The first-order valence-electron chi connectivity index (χ1n) is 28.7. The van der Waals surface area contributed by atoms with E-state index in [1.165, 1.54) is 13.8 Å². The zero-order chi connectivity index (χ0) is 63.7. The smallest absolute Gasteiger partial charge is 0.326 e. The normalized spacial score (nSPS) is 16.0. The second kappa shape index (κ2) is 38.7. The number of nitrogens with one attached hydrogen (secondary N) is 9. The van der Waals surface area contributed by atoms with E-state index in [2.05, 4.69) is 47.9 Å². The van der Waals surface area contributed by atoms with Gasteiger partial charge in [-0.25, -0.2) is 4.79 Å². The molecule has 1 aromatic carbocycles. The van der Waals surface area contributed by atoms with E-state index in [-0.39, 0.29) is 44.7 Å². The van der Waals surface area contributed by atoms with Crippen molar-refractivity contribution in [3.05, 3.63) is 29.8 Å². The van der Waals surface area contributed by atoms with Gasteiger partial charge in [-0.2, -0.15) is 0 Å². The second-order valence-corrected chi connectivity index (χ2v) is 22.0. The topological polar surface area (TPSA) is 465 Å². The van der Waals surface area contributed by atoms with Gasteiger partial charge >= 0.3 is 23.9 Å². The molecule has 2 rings (SSSR count). The van der Waals surface area contributed by atoms with E-state index in [1.54, 1.807) is 38.1 Å². The lowest BCUT2D eigenvalue weighted by molar-refractivity contribution is -0.143. The number of carbonyl (C=O) groups is 12. The van der Waals surface area contributed by atoms with Crippen molar-refractivity contribution in [2.24, 2.45) is 23.3 Å². The van der Waals surface area contributed by atoms with Gasteiger partial charge in [-0.1, -0.05) is 0 Å². The van der Waals surface area contributed by atoms with Crippen LogP contribution in [0.1, 0.15) is 134 Å². The molecular formula is C56H91N11O18. The number of ketones is 2. The number of carboxylic acid groups (broad SMARTS) is 4. The zero-order valence-corrected chi connectivity index (χ0v) is 49.5. The maximum Gasteiger partial charge on any atom is 0.326 e. The summed E-state index contributed by atoms with van der Waals surface area (Å²) in [5.41, 5.74) is 9.82. The number of ether oxygens (including phenoxy) is 2. The van der Waals surface area contributed by atoms with Crippen LogP contribution in [0.25, 0.3) is 0 Å². The number of rotatable bonds is 46. The first-order chi connectivity index (χ1) is 40.1. The molecule has 17 N–H and O–H groups in total. The van der Waals surface area contributed by atoms with Crippen LogP contribution in [0.4, 0.5) is 5.69 Å². The van der Waals surface area contributed by atoms with E-state index in [9.17, 15) is 78.0 Å². The minimum absolute atomic E-state index is 0.00951. The summed E-state index contributed by atoms with van der Waals surface area (Å²) in [7, 11) is 1.83. The number of unbranched alkanes of at least 4 members (excludes halogenated alkanes) is 1. The molecule has 1 fully saturated rings. The summed E-state index contributed by atoms with van der Waals surface area (Å²) >= 11 is 0. The maximum atomic E-state index is 14.0. The number of nitrogens with two attached hydrogens (primary N) is 2. The number of amides is 6. The molecule has 0 heterocycles. The van der Waals surface area contributed by atoms with Gasteiger partial charge in [0.2, 0.25) is 29.5 Å². The molecular weight excluding hydrogens is 1110 g/mol. The van der Waals surface area contributed by atoms with Gasteiger partial charge in [-0.05, 0) is 142 Å². The van der Waals surface area contributed by atoms with Crippen molar-refractivity contribution in [1.29, 1.82) is 0 Å². The Balaban J connectivity index is 1.95. The van der Waals surface area contributed by atoms with Crippen molar-refractivity contribution < 1.29 is 87.4 Å². The number of hydrogen-bond donors (Lipinski definition) is 15. The zero-order valence-electron chi connectivity index (χ0n) is 49.5. The molecule has 1 saturated carbocycles. The third kappa shape index (κ3) is 29.5. The molecule has 0 spiro atoms. The first-order valence-corrected chi connectivity index (χ1v) is 28.7. The molecule has 5 unspecified atom stereocenters. The number of Topliss-reactive ketones (excluding diaryl/α,β-unsaturated/α-hetero) is 2. The lowest BCUT2D eigenvalue weighted by Crippen LogP contribution is -2.60. The van der Waals surface area contributed by atoms with E-state index < -0.39 is 158 Å². The Kier molecular flexibility index (Phi) is 33.7. The molecule has 29 heteroatoms. The number of hydrogen-bond acceptors (Lipinski definition) is 19. The summed E-state index contributed by atoms with van der Waals surface area (Å²) in [5.74, 6) is -11.1. The van der Waals surface area contributed by atoms with E-state index in [1.807, 2.05) is 7.05 Å². The van der Waals surface area contributed by atoms with E-state index >= 15 is 0 Å². The fraction of sp³-hybridized carbons (Fsp3) is 0.679. The Hall–Kier alpha value is -7.18. The molecule has 1 aromatic rings. The fourth-order valence-electron chi connectivity index (χ4n) is 9.22. The molecule has 5 atom stereocenters. The molecule has 6 amide bonds. The molecule has 0 bridgehead atoms. The summed E-state index contributed by atoms with van der Waals surface area (Å²) < 4.78 is 11.1. The van der Waals surface area contributed by atoms with E-state index in [4.69, 9.17) is 20.9 Å². The van der Waals surface area contributed by atoms with Crippen molar-refractivity contribution in [2.75, 3.05) is 71.5 Å². The lowest BCUT2D eigenvalue weighted by Gasteiger charge is -2.31. The molecule has 1 aliphatic rings. The largest absolute Gasteiger partial charge is 0.481 e. The van der Waals surface area contributed by atoms with Crippen LogP contribution >= 0.6 is 0 Å². The van der Waals surface area contributed by atoms with Crippen molar-refractivity contribution in [3.63, 3.8) is 0 Å². The SMILES string of the molecule is CNCC1CCC(C(=O)NC(CCC(=O)NC(CCC(=O)O)C(=O)NC(CCC(=O)O)C(=O)NC(CCC(=O)O)C(=O)C(C)(C)NCCOCCOCC(=O)C(C)(C)NC(CCCCNC(=O)c2ccc(NCCN)cc2)C(N)=O)C(=O)O)CC1. The highest BCUT2D eigenvalue weighted by atomic mass is 16.5. The highest BCUT2D eigenvalue weighted by Gasteiger charge is 2.38. The van der Waals surface area contributed by atoms with Crippen LogP contribution in [0.3, 0.4) is 0 Å². The van der Waals surface area contributed by atoms with Crippen LogP contribution in [0, 0.1) is 11.8 Å². The van der Waals surface area contributed by atoms with Crippen LogP contribution in [0.5, 0.6) is 0 Å². The monoisotopic (exact) mass is 1210 g/mol. The maximum absolute atomic E-state index is 14.0. The van der Waals surface area contributed by atoms with Crippen LogP contribution in [0.15, 0.2) is 24.3 Å². The van der Waals surface area contributed by atoms with Crippen LogP contribution < -0.4 is 59.3 Å². The number of anilines is 1. The molecule has 478 valence electrons. The Bertz CT molecular complexity index is 2380. The number of benzene rings is 1. The Morgan fingerprint density at radius 1 is 0.612 bits per heavy atom. The van der Waals surface area contributed by atoms with Gasteiger partial charge in [0.25, 0.3) is 5.91 Å². The summed E-state index contributed by atoms with van der Waals surface area (Å²) in [6, 6.07) is -0.240. The third-order valence-electron chi connectivity index (χ3n) is 14.3. The van der Waals surface area contributed by atoms with Gasteiger partial charge in [-0.15, -0.1) is 0 Å². The molecule has 29 nitrogen and oxygen atoms in total. The minimum atomic E-state index is -1.71. The third-order valence-corrected chi connectivity index (χ3v) is 14.3. The quantitative estimate of drug-likeness (QED) is 0.0353. The summed E-state index contributed by atoms with van der Waals surface area (Å²) in [5, 5.41) is 62.9. The molecule has 0 aromatic heterocycles. The number of aliphatic carboxylic acids is 4. The van der Waals surface area contributed by atoms with Gasteiger partial charge < -0.3 is 83.9 Å². The standard InChI is InChI=1S/C56H91N11O18/c1-55(2,67-39(49(58)77)8-6-7-26-61-50(78)35-13-15-37(16-14-35)60-27-25-57)43(68)33-85-31-30-84-29-28-62-56(3,4)48(76)38(18-22-45(70)71)64-53(81)41(20-24-47(74)75)65-52(80)40(19-23-46(72)73)63-44(69)21-17-42(54(82)83)66-51(79)36-11-9-34(10-12-36)32-59-5/h13-16,34,36,38-42,59-60,62,67H,6-12,17-33,57H2,1-5H3,(H2,58,77)(H,61,78)(H,63,69)(H,64,81)(H,65,80)(H,66,79)(H,70,71)(H,72,73)(H,74,75)(H,82,83). The predicted molar refractivity (Wildman–Crippen MR) is 309 cm³/mol. The van der Waals surface area contributed by atoms with Gasteiger partial charge in [0, 0.05) is 69.0 Å². The van der Waals surface area contributed by atoms with E-state index in [0.29, 0.717) is 63.2 Å². The van der Waals surface area contributed by atoms with Crippen molar-refractivity contribution >= 4 is 76.6 Å². The average Bonchev–Trinajstić information content (AvgIpc) is 3.51. The van der Waals surface area contributed by atoms with E-state index in [0.717, 1.165) is 25.1 Å². The molecule has 0 saturated heterocycles. The summed E-state index contributed by atoms with van der Waals surface area (Å²) in [6.45, 7) is 8.00. The average molecular weight is 1210 g/mol. The molecule has 1 aliphatic carbocycles.